The molecular weight excluding hydrogens is 190 g/mol. The first-order valence-electron chi connectivity index (χ1n) is 3.71. The Morgan fingerprint density at radius 3 is 3.08 bits per heavy atom. The van der Waals surface area contributed by atoms with E-state index in [4.69, 9.17) is 12.2 Å². The van der Waals surface area contributed by atoms with Crippen molar-refractivity contribution in [1.29, 1.82) is 0 Å². The van der Waals surface area contributed by atoms with Crippen LogP contribution in [0.5, 0.6) is 0 Å². The average Bonchev–Trinajstić information content (AvgIpc) is 2.53. The zero-order valence-electron chi connectivity index (χ0n) is 6.83. The van der Waals surface area contributed by atoms with Crippen molar-refractivity contribution >= 4 is 28.7 Å². The molecule has 0 radical (unpaired) electrons. The predicted octanol–water partition coefficient (Wildman–Crippen LogP) is 1.13. The Bertz CT molecular complexity index is 233. The van der Waals surface area contributed by atoms with E-state index in [9.17, 15) is 0 Å². The summed E-state index contributed by atoms with van der Waals surface area (Å²) in [6.45, 7) is 3.56. The van der Waals surface area contributed by atoms with Gasteiger partial charge in [-0.3, -0.25) is 0 Å². The quantitative estimate of drug-likeness (QED) is 0.719. The number of aromatic nitrogens is 1. The normalized spacial score (nSPS) is 9.42. The Morgan fingerprint density at radius 2 is 2.50 bits per heavy atom. The summed E-state index contributed by atoms with van der Waals surface area (Å²) >= 11 is 6.57. The molecule has 0 bridgehead atoms. The minimum absolute atomic E-state index is 0.686. The molecule has 0 atom stereocenters. The van der Waals surface area contributed by atoms with Crippen molar-refractivity contribution in [2.24, 2.45) is 0 Å². The number of rotatable bonds is 3. The van der Waals surface area contributed by atoms with Crippen molar-refractivity contribution in [3.8, 4) is 0 Å². The fraction of sp³-hybridized carbons (Fsp3) is 0.429. The van der Waals surface area contributed by atoms with Gasteiger partial charge in [-0.25, -0.2) is 4.98 Å². The number of thiocarbonyl (C=S) groups is 1. The van der Waals surface area contributed by atoms with Crippen molar-refractivity contribution < 1.29 is 0 Å². The van der Waals surface area contributed by atoms with Gasteiger partial charge in [0.15, 0.2) is 5.11 Å². The first-order valence-corrected chi connectivity index (χ1v) is 5.06. The second kappa shape index (κ2) is 5.05. The highest BCUT2D eigenvalue weighted by molar-refractivity contribution is 7.80. The molecule has 0 fully saturated rings. The van der Waals surface area contributed by atoms with Crippen LogP contribution in [0.2, 0.25) is 0 Å². The first kappa shape index (κ1) is 9.41. The molecule has 0 unspecified atom stereocenters. The molecule has 12 heavy (non-hydrogen) atoms. The fourth-order valence-corrected chi connectivity index (χ4v) is 1.49. The number of thiazole rings is 1. The third kappa shape index (κ3) is 3.15. The van der Waals surface area contributed by atoms with Crippen LogP contribution in [0.4, 0.5) is 0 Å². The lowest BCUT2D eigenvalue weighted by Gasteiger charge is -2.06. The van der Waals surface area contributed by atoms with E-state index in [1.165, 1.54) is 0 Å². The Morgan fingerprint density at radius 1 is 1.67 bits per heavy atom. The highest BCUT2D eigenvalue weighted by Crippen LogP contribution is 1.99. The molecule has 1 aromatic rings. The van der Waals surface area contributed by atoms with Gasteiger partial charge in [0.25, 0.3) is 0 Å². The van der Waals surface area contributed by atoms with Gasteiger partial charge in [-0.1, -0.05) is 0 Å². The molecule has 0 aliphatic carbocycles. The van der Waals surface area contributed by atoms with Crippen molar-refractivity contribution in [3.63, 3.8) is 0 Å². The van der Waals surface area contributed by atoms with Gasteiger partial charge in [-0.15, -0.1) is 11.3 Å². The number of hydrogen-bond donors (Lipinski definition) is 2. The Balaban J connectivity index is 2.22. The van der Waals surface area contributed by atoms with Crippen molar-refractivity contribution in [1.82, 2.24) is 15.6 Å². The molecule has 5 heteroatoms. The van der Waals surface area contributed by atoms with Crippen molar-refractivity contribution in [2.75, 3.05) is 6.54 Å². The van der Waals surface area contributed by atoms with Crippen LogP contribution in [-0.2, 0) is 6.54 Å². The molecule has 0 spiro atoms. The lowest BCUT2D eigenvalue weighted by molar-refractivity contribution is 0.838. The number of hydrogen-bond acceptors (Lipinski definition) is 3. The third-order valence-corrected chi connectivity index (χ3v) is 2.17. The molecule has 0 saturated heterocycles. The summed E-state index contributed by atoms with van der Waals surface area (Å²) in [7, 11) is 0. The second-order valence-corrected chi connectivity index (χ2v) is 3.32. The summed E-state index contributed by atoms with van der Waals surface area (Å²) in [6.07, 6.45) is 0. The van der Waals surface area contributed by atoms with E-state index in [2.05, 4.69) is 15.6 Å². The standard InChI is InChI=1S/C7H11N3S2/c1-2-8-7(11)9-3-6-4-12-5-10-6/h4-5H,2-3H2,1H3,(H2,8,9,11). The zero-order chi connectivity index (χ0) is 8.81. The van der Waals surface area contributed by atoms with Crippen LogP contribution < -0.4 is 10.6 Å². The molecule has 1 rings (SSSR count). The van der Waals surface area contributed by atoms with Crippen LogP contribution in [-0.4, -0.2) is 16.6 Å². The molecule has 0 aliphatic heterocycles. The van der Waals surface area contributed by atoms with Gasteiger partial charge in [-0.05, 0) is 19.1 Å². The van der Waals surface area contributed by atoms with Crippen LogP contribution >= 0.6 is 23.6 Å². The summed E-state index contributed by atoms with van der Waals surface area (Å²) in [5.41, 5.74) is 2.84. The Hall–Kier alpha value is -0.680. The van der Waals surface area contributed by atoms with Gasteiger partial charge >= 0.3 is 0 Å². The smallest absolute Gasteiger partial charge is 0.166 e. The molecule has 1 aromatic heterocycles. The maximum absolute atomic E-state index is 4.98. The van der Waals surface area contributed by atoms with E-state index in [1.807, 2.05) is 17.8 Å². The molecule has 1 heterocycles. The van der Waals surface area contributed by atoms with Gasteiger partial charge in [0.1, 0.15) is 0 Å². The zero-order valence-corrected chi connectivity index (χ0v) is 8.47. The molecule has 3 nitrogen and oxygen atoms in total. The van der Waals surface area contributed by atoms with Gasteiger partial charge in [0.2, 0.25) is 0 Å². The fourth-order valence-electron chi connectivity index (χ4n) is 0.719. The van der Waals surface area contributed by atoms with Crippen LogP contribution in [0, 0.1) is 0 Å². The predicted molar refractivity (Wildman–Crippen MR) is 55.2 cm³/mol. The Kier molecular flexibility index (Phi) is 3.96. The topological polar surface area (TPSA) is 37.0 Å². The molecule has 0 amide bonds. The molecule has 0 saturated carbocycles. The molecular formula is C7H11N3S2. The number of nitrogens with one attached hydrogen (secondary N) is 2. The minimum atomic E-state index is 0.686. The summed E-state index contributed by atoms with van der Waals surface area (Å²) in [4.78, 5) is 4.12. The largest absolute Gasteiger partial charge is 0.363 e. The summed E-state index contributed by atoms with van der Waals surface area (Å²) < 4.78 is 0. The van der Waals surface area contributed by atoms with Gasteiger partial charge in [-0.2, -0.15) is 0 Å². The first-order chi connectivity index (χ1) is 5.83. The van der Waals surface area contributed by atoms with Gasteiger partial charge < -0.3 is 10.6 Å². The van der Waals surface area contributed by atoms with Crippen LogP contribution in [0.15, 0.2) is 10.9 Å². The highest BCUT2D eigenvalue weighted by atomic mass is 32.1. The lowest BCUT2D eigenvalue weighted by Crippen LogP contribution is -2.34. The van der Waals surface area contributed by atoms with E-state index >= 15 is 0 Å². The van der Waals surface area contributed by atoms with E-state index in [1.54, 1.807) is 11.3 Å². The van der Waals surface area contributed by atoms with Gasteiger partial charge in [0, 0.05) is 11.9 Å². The van der Waals surface area contributed by atoms with Crippen LogP contribution in [0.3, 0.4) is 0 Å². The van der Waals surface area contributed by atoms with Crippen molar-refractivity contribution in [2.45, 2.75) is 13.5 Å². The van der Waals surface area contributed by atoms with Crippen LogP contribution in [0.25, 0.3) is 0 Å². The minimum Gasteiger partial charge on any atom is -0.363 e. The molecule has 0 aliphatic rings. The van der Waals surface area contributed by atoms with E-state index < -0.39 is 0 Å². The summed E-state index contributed by atoms with van der Waals surface area (Å²) in [5, 5.41) is 8.74. The summed E-state index contributed by atoms with van der Waals surface area (Å²) in [5.74, 6) is 0. The lowest BCUT2D eigenvalue weighted by atomic mass is 10.5. The van der Waals surface area contributed by atoms with E-state index in [0.717, 1.165) is 12.2 Å². The average molecular weight is 201 g/mol. The number of nitrogens with zero attached hydrogens (tertiary/aromatic N) is 1. The molecule has 0 aromatic carbocycles. The van der Waals surface area contributed by atoms with Gasteiger partial charge in [0.05, 0.1) is 17.7 Å². The maximum atomic E-state index is 4.98. The maximum Gasteiger partial charge on any atom is 0.166 e. The second-order valence-electron chi connectivity index (χ2n) is 2.19. The summed E-state index contributed by atoms with van der Waals surface area (Å²) in [6, 6.07) is 0. The Labute approximate surface area is 81.2 Å². The highest BCUT2D eigenvalue weighted by Gasteiger charge is 1.95. The molecule has 66 valence electrons. The monoisotopic (exact) mass is 201 g/mol. The molecule has 2 N–H and O–H groups in total. The van der Waals surface area contributed by atoms with Crippen LogP contribution in [0.1, 0.15) is 12.6 Å². The van der Waals surface area contributed by atoms with E-state index in [-0.39, 0.29) is 0 Å². The SMILES string of the molecule is CCNC(=S)NCc1cscn1. The third-order valence-electron chi connectivity index (χ3n) is 1.25. The van der Waals surface area contributed by atoms with E-state index in [0.29, 0.717) is 11.7 Å². The van der Waals surface area contributed by atoms with Crippen molar-refractivity contribution in [3.05, 3.63) is 16.6 Å².